The Bertz CT molecular complexity index is 7250. The number of hydrogen-bond donors (Lipinski definition) is 0. The normalized spacial score (nSPS) is 13.5. The van der Waals surface area contributed by atoms with Crippen LogP contribution in [0.5, 0.6) is 0 Å². The van der Waals surface area contributed by atoms with Gasteiger partial charge in [0.25, 0.3) is 52.6 Å². The summed E-state index contributed by atoms with van der Waals surface area (Å²) in [7, 11) is 2.12. The molecular formula is C78H53N20OS4+5. The standard InChI is InChI=1S/C20H13N4S.2C15H11N4S.C14H10N5.C14H8N3OS/c1-2-5-14(6-3-1)24-16-7-4-9-22-17(16)18-20(24)25-19-15-8-10-21-11-13(15)12-23(18)19;2*1-18-11-3-2-5-17-12(11)13-15(18)20-14-10-4-6-16-7-9(10)8-19(13)14;1-3-16-12-8-18-9-17-7-10-6-15-4-2-11(10)13(17)14(18)19(12)5-1;1-2-10-11(16-4-1)12-14(18-10)19-13-9-3-5-15-6-8(9)7-17(12)13/h1-11H,12H2;2*2-7H,8H2,1H3;1-6,8-9H,7H2;1-6H,7H2/q5*+1/i;1D3;;;. The fourth-order valence-corrected chi connectivity index (χ4v) is 20.6. The number of fused-ring (bicyclic) bond motifs is 35. The van der Waals surface area contributed by atoms with Gasteiger partial charge in [-0.3, -0.25) is 34.1 Å². The second kappa shape index (κ2) is 22.5. The van der Waals surface area contributed by atoms with Crippen molar-refractivity contribution in [1.29, 1.82) is 0 Å². The van der Waals surface area contributed by atoms with E-state index in [0.717, 1.165) is 108 Å². The van der Waals surface area contributed by atoms with Gasteiger partial charge in [-0.25, -0.2) is 33.7 Å². The maximum Gasteiger partial charge on any atom is 0.290 e. The molecule has 0 bridgehead atoms. The van der Waals surface area contributed by atoms with Crippen LogP contribution in [0.3, 0.4) is 0 Å². The summed E-state index contributed by atoms with van der Waals surface area (Å²) in [6, 6.07) is 38.6. The van der Waals surface area contributed by atoms with E-state index in [1.807, 2.05) is 146 Å². The zero-order chi connectivity index (χ0) is 70.2. The largest absolute Gasteiger partial charge is 0.437 e. The Hall–Kier alpha value is -12.6. The molecule has 5 aliphatic rings. The number of para-hydroxylation sites is 1. The van der Waals surface area contributed by atoms with Crippen molar-refractivity contribution in [3.05, 3.63) is 255 Å². The molecule has 0 unspecified atom stereocenters. The van der Waals surface area contributed by atoms with Gasteiger partial charge in [-0.2, -0.15) is 18.3 Å². The van der Waals surface area contributed by atoms with Gasteiger partial charge in [-0.1, -0.05) is 18.2 Å². The third kappa shape index (κ3) is 8.64. The van der Waals surface area contributed by atoms with Crippen LogP contribution in [0.2, 0.25) is 0 Å². The number of aryl methyl sites for hydroxylation is 2. The molecule has 1 aromatic carbocycles. The summed E-state index contributed by atoms with van der Waals surface area (Å²) >= 11 is 6.86. The first-order chi connectivity index (χ1) is 52.1. The molecule has 5 aliphatic heterocycles. The lowest BCUT2D eigenvalue weighted by atomic mass is 10.1. The number of thiazole rings is 4. The predicted octanol–water partition coefficient (Wildman–Crippen LogP) is 13.0. The van der Waals surface area contributed by atoms with E-state index in [-0.39, 0.29) is 0 Å². The van der Waals surface area contributed by atoms with Gasteiger partial charge in [0.2, 0.25) is 5.65 Å². The van der Waals surface area contributed by atoms with Crippen LogP contribution in [0, 0.1) is 0 Å². The lowest BCUT2D eigenvalue weighted by Crippen LogP contribution is -2.30. The summed E-state index contributed by atoms with van der Waals surface area (Å²) in [5.41, 5.74) is 29.2. The molecule has 103 heavy (non-hydrogen) atoms. The molecule has 490 valence electrons. The molecule has 26 rings (SSSR count). The Morgan fingerprint density at radius 1 is 0.437 bits per heavy atom. The monoisotopic (exact) mass is 1420 g/mol. The summed E-state index contributed by atoms with van der Waals surface area (Å²) in [5.74, 6) is 0. The average Bonchev–Trinajstić information content (AvgIpc) is 1.58. The zero-order valence-corrected chi connectivity index (χ0v) is 57.6. The van der Waals surface area contributed by atoms with Gasteiger partial charge in [0.15, 0.2) is 80.3 Å². The quantitative estimate of drug-likeness (QED) is 0.142. The molecular weight excluding hydrogens is 1360 g/mol. The van der Waals surface area contributed by atoms with E-state index in [4.69, 9.17) is 13.5 Å². The fourth-order valence-electron chi connectivity index (χ4n) is 15.6. The second-order valence-electron chi connectivity index (χ2n) is 25.7. The van der Waals surface area contributed by atoms with Crippen molar-refractivity contribution in [3.63, 3.8) is 0 Å². The van der Waals surface area contributed by atoms with Gasteiger partial charge in [0.05, 0.1) is 51.5 Å². The van der Waals surface area contributed by atoms with Crippen molar-refractivity contribution in [3.8, 4) is 59.2 Å². The number of benzene rings is 1. The van der Waals surface area contributed by atoms with Crippen LogP contribution in [0.1, 0.15) is 31.9 Å². The number of aromatic nitrogens is 20. The number of imidazole rings is 2. The minimum atomic E-state index is -2.23. The molecule has 0 saturated heterocycles. The van der Waals surface area contributed by atoms with Crippen molar-refractivity contribution in [2.75, 3.05) is 0 Å². The van der Waals surface area contributed by atoms with Crippen LogP contribution in [0.4, 0.5) is 0 Å². The van der Waals surface area contributed by atoms with Crippen molar-refractivity contribution >= 4 is 142 Å². The van der Waals surface area contributed by atoms with Gasteiger partial charge < -0.3 is 13.6 Å². The van der Waals surface area contributed by atoms with Gasteiger partial charge in [0.1, 0.15) is 6.20 Å². The summed E-state index contributed by atoms with van der Waals surface area (Å²) in [5, 5.41) is 4.91. The number of pyridine rings is 9. The molecule has 20 aromatic heterocycles. The van der Waals surface area contributed by atoms with E-state index in [0.29, 0.717) is 12.1 Å². The van der Waals surface area contributed by atoms with E-state index in [9.17, 15) is 0 Å². The van der Waals surface area contributed by atoms with Crippen LogP contribution in [-0.4, -0.2) is 72.5 Å². The van der Waals surface area contributed by atoms with E-state index < -0.39 is 6.98 Å². The van der Waals surface area contributed by atoms with Crippen molar-refractivity contribution in [2.24, 2.45) is 14.0 Å². The highest BCUT2D eigenvalue weighted by Crippen LogP contribution is 2.44. The molecule has 0 saturated carbocycles. The van der Waals surface area contributed by atoms with Crippen molar-refractivity contribution in [1.82, 2.24) is 72.5 Å². The van der Waals surface area contributed by atoms with Crippen LogP contribution in [-0.2, 0) is 46.7 Å². The molecule has 0 aliphatic carbocycles. The first-order valence-corrected chi connectivity index (χ1v) is 36.6. The Labute approximate surface area is 602 Å². The maximum atomic E-state index is 7.91. The Kier molecular flexibility index (Phi) is 12.1. The van der Waals surface area contributed by atoms with E-state index in [1.54, 1.807) is 29.8 Å². The molecule has 0 N–H and O–H groups in total. The second-order valence-corrected chi connectivity index (χ2v) is 29.6. The maximum absolute atomic E-state index is 7.91. The molecule has 0 spiro atoms. The highest BCUT2D eigenvalue weighted by atomic mass is 32.1. The average molecular weight is 1420 g/mol. The first kappa shape index (κ1) is 55.3. The summed E-state index contributed by atoms with van der Waals surface area (Å²) in [6.45, 7) is 1.97. The highest BCUT2D eigenvalue weighted by molar-refractivity contribution is 7.22. The van der Waals surface area contributed by atoms with Crippen molar-refractivity contribution < 1.29 is 31.2 Å². The van der Waals surface area contributed by atoms with Crippen LogP contribution in [0.15, 0.2) is 231 Å². The number of hydrogen-bond acceptors (Lipinski definition) is 15. The Balaban J connectivity index is 0.0000000830. The number of furan rings is 1. The van der Waals surface area contributed by atoms with Crippen LogP contribution >= 0.6 is 45.3 Å². The smallest absolute Gasteiger partial charge is 0.290 e. The lowest BCUT2D eigenvalue weighted by molar-refractivity contribution is -0.641. The summed E-state index contributed by atoms with van der Waals surface area (Å²) in [6.07, 6.45) is 34.2. The third-order valence-corrected chi connectivity index (χ3v) is 24.8. The molecule has 25 heteroatoms. The SMILES string of the molecule is Cn1c2cccnc2c2c1sc1[n+]2Cc2cnccc2-1.[2H]C([2H])([2H])n1c2cccnc2c2c1sc1[n+]2Cc2cnccc2-1.c1ccc(-n2c3cccnc3c3c2sc2[n+]3Cc3cnccc3-2)cc1.c1cnc2c(c1)oc1sc3[n+](c12)Cc1cnccc1-3.c1cnc2c[n+]3cn4c(c3n2c1)-c1ccncc1C4. The molecule has 0 amide bonds. The molecule has 21 nitrogen and oxygen atoms in total. The Morgan fingerprint density at radius 3 is 1.50 bits per heavy atom. The van der Waals surface area contributed by atoms with Gasteiger partial charge >= 0.3 is 0 Å². The van der Waals surface area contributed by atoms with Gasteiger partial charge in [-0.15, -0.1) is 0 Å². The molecule has 0 fully saturated rings. The van der Waals surface area contributed by atoms with Crippen LogP contribution < -0.4 is 22.7 Å². The summed E-state index contributed by atoms with van der Waals surface area (Å²) < 4.78 is 51.4. The molecule has 0 atom stereocenters. The van der Waals surface area contributed by atoms with Crippen LogP contribution in [0.25, 0.3) is 156 Å². The predicted molar refractivity (Wildman–Crippen MR) is 397 cm³/mol. The molecule has 0 radical (unpaired) electrons. The topological polar surface area (TPSA) is 186 Å². The zero-order valence-electron chi connectivity index (χ0n) is 57.4. The highest BCUT2D eigenvalue weighted by Gasteiger charge is 2.40. The van der Waals surface area contributed by atoms with E-state index in [2.05, 4.69) is 178 Å². The summed E-state index contributed by atoms with van der Waals surface area (Å²) in [4.78, 5) is 48.0. The first-order valence-electron chi connectivity index (χ1n) is 34.8. The van der Waals surface area contributed by atoms with Gasteiger partial charge in [0, 0.05) is 150 Å². The lowest BCUT2D eigenvalue weighted by Gasteiger charge is -2.04. The van der Waals surface area contributed by atoms with Crippen molar-refractivity contribution in [2.45, 2.75) is 32.7 Å². The van der Waals surface area contributed by atoms with E-state index in [1.165, 1.54) is 113 Å². The van der Waals surface area contributed by atoms with Gasteiger partial charge in [-0.05, 0) is 142 Å². The van der Waals surface area contributed by atoms with E-state index >= 15 is 0 Å². The minimum absolute atomic E-state index is 0.651. The Morgan fingerprint density at radius 2 is 0.913 bits per heavy atom. The molecule has 21 aromatic rings. The molecule has 25 heterocycles. The fraction of sp³-hybridized carbons (Fsp3) is 0.0897. The number of nitrogens with zero attached hydrogens (tertiary/aromatic N) is 20. The number of rotatable bonds is 1. The minimum Gasteiger partial charge on any atom is -0.437 e. The third-order valence-electron chi connectivity index (χ3n) is 20.0.